The van der Waals surface area contributed by atoms with Crippen LogP contribution in [0.1, 0.15) is 36.1 Å². The van der Waals surface area contributed by atoms with E-state index in [9.17, 15) is 5.26 Å². The van der Waals surface area contributed by atoms with Crippen LogP contribution in [-0.4, -0.2) is 48.2 Å². The van der Waals surface area contributed by atoms with Crippen LogP contribution in [0.3, 0.4) is 0 Å². The summed E-state index contributed by atoms with van der Waals surface area (Å²) in [7, 11) is 3.66. The van der Waals surface area contributed by atoms with E-state index in [1.54, 1.807) is 7.11 Å². The van der Waals surface area contributed by atoms with Crippen molar-refractivity contribution in [1.29, 1.82) is 5.26 Å². The summed E-state index contributed by atoms with van der Waals surface area (Å²) in [5.41, 5.74) is 3.11. The highest BCUT2D eigenvalue weighted by molar-refractivity contribution is 5.57. The lowest BCUT2D eigenvalue weighted by molar-refractivity contribution is 0.396. The maximum absolute atomic E-state index is 9.63. The van der Waals surface area contributed by atoms with E-state index < -0.39 is 0 Å². The van der Waals surface area contributed by atoms with Gasteiger partial charge in [-0.15, -0.1) is 0 Å². The number of pyridine rings is 1. The number of aryl methyl sites for hydroxylation is 2. The molecule has 1 aliphatic heterocycles. The van der Waals surface area contributed by atoms with Crippen LogP contribution < -0.4 is 14.5 Å². The quantitative estimate of drug-likeness (QED) is 0.824. The number of nitriles is 1. The third-order valence-corrected chi connectivity index (χ3v) is 5.59. The molecule has 140 valence electrons. The van der Waals surface area contributed by atoms with Gasteiger partial charge in [-0.3, -0.25) is 0 Å². The summed E-state index contributed by atoms with van der Waals surface area (Å²) in [6, 6.07) is 6.55. The summed E-state index contributed by atoms with van der Waals surface area (Å²) in [4.78, 5) is 17.8. The number of anilines is 2. The maximum atomic E-state index is 9.63. The van der Waals surface area contributed by atoms with Crippen LogP contribution in [0, 0.1) is 11.3 Å². The van der Waals surface area contributed by atoms with Crippen LogP contribution in [0.25, 0.3) is 0 Å². The van der Waals surface area contributed by atoms with Gasteiger partial charge < -0.3 is 14.5 Å². The van der Waals surface area contributed by atoms with E-state index >= 15 is 0 Å². The standard InChI is InChI=1S/C20H24N6O/c1-25(18-10-19(27-2)23-13-22-18)16-6-4-8-26(12-16)20-15(11-21)9-14-5-3-7-17(14)24-20/h9-10,13,16H,3-8,12H2,1-2H3. The third-order valence-electron chi connectivity index (χ3n) is 5.59. The van der Waals surface area contributed by atoms with Gasteiger partial charge in [0.05, 0.1) is 12.7 Å². The zero-order chi connectivity index (χ0) is 18.8. The third kappa shape index (κ3) is 3.39. The molecule has 0 saturated carbocycles. The number of methoxy groups -OCH3 is 1. The fourth-order valence-corrected chi connectivity index (χ4v) is 4.07. The van der Waals surface area contributed by atoms with E-state index in [-0.39, 0.29) is 0 Å². The Balaban J connectivity index is 1.57. The molecule has 1 atom stereocenters. The minimum Gasteiger partial charge on any atom is -0.481 e. The summed E-state index contributed by atoms with van der Waals surface area (Å²) in [5, 5.41) is 9.63. The molecule has 3 heterocycles. The summed E-state index contributed by atoms with van der Waals surface area (Å²) >= 11 is 0. The predicted octanol–water partition coefficient (Wildman–Crippen LogP) is 2.35. The fraction of sp³-hybridized carbons (Fsp3) is 0.500. The lowest BCUT2D eigenvalue weighted by Gasteiger charge is -2.39. The van der Waals surface area contributed by atoms with E-state index in [0.29, 0.717) is 17.5 Å². The Morgan fingerprint density at radius 3 is 2.96 bits per heavy atom. The van der Waals surface area contributed by atoms with Crippen molar-refractivity contribution < 1.29 is 4.74 Å². The zero-order valence-electron chi connectivity index (χ0n) is 15.9. The van der Waals surface area contributed by atoms with Crippen LogP contribution >= 0.6 is 0 Å². The first-order valence-corrected chi connectivity index (χ1v) is 9.46. The number of ether oxygens (including phenoxy) is 1. The van der Waals surface area contributed by atoms with Crippen LogP contribution in [0.5, 0.6) is 5.88 Å². The first-order valence-electron chi connectivity index (χ1n) is 9.46. The van der Waals surface area contributed by atoms with Crippen LogP contribution in [-0.2, 0) is 12.8 Å². The predicted molar refractivity (Wildman–Crippen MR) is 103 cm³/mol. The second-order valence-electron chi connectivity index (χ2n) is 7.20. The minimum absolute atomic E-state index is 0.292. The van der Waals surface area contributed by atoms with Gasteiger partial charge in [-0.25, -0.2) is 15.0 Å². The zero-order valence-corrected chi connectivity index (χ0v) is 15.9. The molecule has 2 aromatic rings. The van der Waals surface area contributed by atoms with Crippen molar-refractivity contribution in [2.75, 3.05) is 37.0 Å². The van der Waals surface area contributed by atoms with E-state index in [0.717, 1.165) is 56.8 Å². The second kappa shape index (κ2) is 7.39. The first kappa shape index (κ1) is 17.5. The van der Waals surface area contributed by atoms with Crippen molar-refractivity contribution in [3.63, 3.8) is 0 Å². The highest BCUT2D eigenvalue weighted by atomic mass is 16.5. The van der Waals surface area contributed by atoms with E-state index in [4.69, 9.17) is 9.72 Å². The number of piperidine rings is 1. The van der Waals surface area contributed by atoms with Gasteiger partial charge in [0.15, 0.2) is 0 Å². The molecule has 7 heteroatoms. The lowest BCUT2D eigenvalue weighted by atomic mass is 10.0. The fourth-order valence-electron chi connectivity index (χ4n) is 4.07. The first-order chi connectivity index (χ1) is 13.2. The second-order valence-corrected chi connectivity index (χ2v) is 7.20. The SMILES string of the molecule is COc1cc(N(C)C2CCCN(c3nc4c(cc3C#N)CCC4)C2)ncn1. The Morgan fingerprint density at radius 2 is 2.15 bits per heavy atom. The molecule has 1 fully saturated rings. The number of hydrogen-bond acceptors (Lipinski definition) is 7. The van der Waals surface area contributed by atoms with Crippen molar-refractivity contribution in [3.05, 3.63) is 35.3 Å². The van der Waals surface area contributed by atoms with Gasteiger partial charge in [0, 0.05) is 37.9 Å². The molecular weight excluding hydrogens is 340 g/mol. The van der Waals surface area contributed by atoms with Crippen molar-refractivity contribution in [2.45, 2.75) is 38.1 Å². The molecule has 0 spiro atoms. The van der Waals surface area contributed by atoms with Gasteiger partial charge in [0.2, 0.25) is 5.88 Å². The summed E-state index contributed by atoms with van der Waals surface area (Å²) in [5.74, 6) is 2.25. The number of nitrogens with zero attached hydrogens (tertiary/aromatic N) is 6. The summed E-state index contributed by atoms with van der Waals surface area (Å²) in [6.07, 6.45) is 6.86. The van der Waals surface area contributed by atoms with Crippen LogP contribution in [0.15, 0.2) is 18.5 Å². The van der Waals surface area contributed by atoms with Crippen molar-refractivity contribution >= 4 is 11.6 Å². The Hall–Kier alpha value is -2.88. The molecular formula is C20H24N6O. The molecule has 0 N–H and O–H groups in total. The number of aromatic nitrogens is 3. The van der Waals surface area contributed by atoms with Crippen molar-refractivity contribution in [1.82, 2.24) is 15.0 Å². The Labute approximate surface area is 159 Å². The molecule has 0 aromatic carbocycles. The molecule has 0 amide bonds. The summed E-state index contributed by atoms with van der Waals surface area (Å²) in [6.45, 7) is 1.75. The van der Waals surface area contributed by atoms with Gasteiger partial charge >= 0.3 is 0 Å². The number of hydrogen-bond donors (Lipinski definition) is 0. The average Bonchev–Trinajstić information content (AvgIpc) is 3.19. The van der Waals surface area contributed by atoms with E-state index in [1.165, 1.54) is 17.6 Å². The molecule has 1 saturated heterocycles. The molecule has 7 nitrogen and oxygen atoms in total. The largest absolute Gasteiger partial charge is 0.481 e. The molecule has 27 heavy (non-hydrogen) atoms. The molecule has 1 aliphatic carbocycles. The Bertz CT molecular complexity index is 877. The monoisotopic (exact) mass is 364 g/mol. The number of likely N-dealkylation sites (N-methyl/N-ethyl adjacent to an activating group) is 1. The van der Waals surface area contributed by atoms with Crippen LogP contribution in [0.2, 0.25) is 0 Å². The summed E-state index contributed by atoms with van der Waals surface area (Å²) < 4.78 is 5.22. The number of rotatable bonds is 4. The highest BCUT2D eigenvalue weighted by Gasteiger charge is 2.28. The maximum Gasteiger partial charge on any atom is 0.218 e. The molecule has 0 bridgehead atoms. The van der Waals surface area contributed by atoms with Gasteiger partial charge in [-0.2, -0.15) is 5.26 Å². The minimum atomic E-state index is 0.292. The molecule has 2 aliphatic rings. The van der Waals surface area contributed by atoms with Gasteiger partial charge in [-0.1, -0.05) is 0 Å². The highest BCUT2D eigenvalue weighted by Crippen LogP contribution is 2.30. The topological polar surface area (TPSA) is 78.2 Å². The average molecular weight is 364 g/mol. The Kier molecular flexibility index (Phi) is 4.80. The Morgan fingerprint density at radius 1 is 1.26 bits per heavy atom. The van der Waals surface area contributed by atoms with Gasteiger partial charge in [0.25, 0.3) is 0 Å². The molecule has 2 aromatic heterocycles. The number of fused-ring (bicyclic) bond motifs is 1. The smallest absolute Gasteiger partial charge is 0.218 e. The van der Waals surface area contributed by atoms with Gasteiger partial charge in [-0.05, 0) is 43.7 Å². The molecule has 0 radical (unpaired) electrons. The normalized spacial score (nSPS) is 18.7. The van der Waals surface area contributed by atoms with Crippen LogP contribution in [0.4, 0.5) is 11.6 Å². The van der Waals surface area contributed by atoms with E-state index in [2.05, 4.69) is 32.9 Å². The lowest BCUT2D eigenvalue weighted by Crippen LogP contribution is -2.47. The molecule has 4 rings (SSSR count). The van der Waals surface area contributed by atoms with Crippen molar-refractivity contribution in [2.24, 2.45) is 0 Å². The van der Waals surface area contributed by atoms with Crippen molar-refractivity contribution in [3.8, 4) is 11.9 Å². The molecule has 1 unspecified atom stereocenters. The van der Waals surface area contributed by atoms with E-state index in [1.807, 2.05) is 12.1 Å². The van der Waals surface area contributed by atoms with Gasteiger partial charge in [0.1, 0.15) is 24.0 Å².